The SMILES string of the molecule is CCCS(=O)(=O)N[C@@H]1CCN(C(=O)Nc2cccc(OC)c2)C1. The Labute approximate surface area is 137 Å². The number of carbonyl (C=O) groups is 1. The van der Waals surface area contributed by atoms with Crippen LogP contribution < -0.4 is 14.8 Å². The van der Waals surface area contributed by atoms with Gasteiger partial charge in [0.25, 0.3) is 0 Å². The van der Waals surface area contributed by atoms with Crippen molar-refractivity contribution in [3.63, 3.8) is 0 Å². The highest BCUT2D eigenvalue weighted by Crippen LogP contribution is 2.18. The van der Waals surface area contributed by atoms with Crippen LogP contribution in [-0.4, -0.2) is 51.3 Å². The average Bonchev–Trinajstić information content (AvgIpc) is 2.95. The molecule has 1 saturated heterocycles. The standard InChI is InChI=1S/C15H23N3O4S/c1-3-9-23(20,21)17-13-7-8-18(11-13)15(19)16-12-5-4-6-14(10-12)22-2/h4-6,10,13,17H,3,7-9,11H2,1-2H3,(H,16,19)/t13-/m1/s1. The molecule has 2 rings (SSSR count). The molecule has 1 aliphatic heterocycles. The second-order valence-electron chi connectivity index (χ2n) is 5.53. The van der Waals surface area contributed by atoms with Crippen LogP contribution in [0.2, 0.25) is 0 Å². The summed E-state index contributed by atoms with van der Waals surface area (Å²) in [5, 5.41) is 2.80. The lowest BCUT2D eigenvalue weighted by Crippen LogP contribution is -2.40. The van der Waals surface area contributed by atoms with Crippen LogP contribution in [0.1, 0.15) is 19.8 Å². The molecule has 0 saturated carbocycles. The number of rotatable bonds is 6. The molecule has 128 valence electrons. The topological polar surface area (TPSA) is 87.7 Å². The molecule has 0 radical (unpaired) electrons. The third-order valence-corrected chi connectivity index (χ3v) is 5.25. The van der Waals surface area contributed by atoms with Gasteiger partial charge in [-0.3, -0.25) is 0 Å². The third kappa shape index (κ3) is 5.11. The number of benzene rings is 1. The molecule has 7 nitrogen and oxygen atoms in total. The molecule has 1 aliphatic rings. The number of methoxy groups -OCH3 is 1. The minimum atomic E-state index is -3.26. The van der Waals surface area contributed by atoms with Crippen molar-refractivity contribution in [1.29, 1.82) is 0 Å². The van der Waals surface area contributed by atoms with Crippen LogP contribution in [0.3, 0.4) is 0 Å². The molecule has 1 heterocycles. The summed E-state index contributed by atoms with van der Waals surface area (Å²) in [5.74, 6) is 0.772. The summed E-state index contributed by atoms with van der Waals surface area (Å²) < 4.78 is 31.3. The van der Waals surface area contributed by atoms with E-state index in [1.165, 1.54) is 0 Å². The Hall–Kier alpha value is -1.80. The molecule has 1 fully saturated rings. The second-order valence-corrected chi connectivity index (χ2v) is 7.40. The number of nitrogens with zero attached hydrogens (tertiary/aromatic N) is 1. The van der Waals surface area contributed by atoms with Crippen LogP contribution in [0.5, 0.6) is 5.75 Å². The van der Waals surface area contributed by atoms with Crippen molar-refractivity contribution < 1.29 is 17.9 Å². The van der Waals surface area contributed by atoms with Crippen molar-refractivity contribution in [3.05, 3.63) is 24.3 Å². The highest BCUT2D eigenvalue weighted by atomic mass is 32.2. The van der Waals surface area contributed by atoms with Crippen molar-refractivity contribution in [2.45, 2.75) is 25.8 Å². The summed E-state index contributed by atoms with van der Waals surface area (Å²) in [4.78, 5) is 13.9. The van der Waals surface area contributed by atoms with E-state index in [1.807, 2.05) is 6.92 Å². The summed E-state index contributed by atoms with van der Waals surface area (Å²) in [6, 6.07) is 6.63. The Morgan fingerprint density at radius 3 is 2.91 bits per heavy atom. The summed E-state index contributed by atoms with van der Waals surface area (Å²) >= 11 is 0. The Kier molecular flexibility index (Phi) is 5.84. The fourth-order valence-electron chi connectivity index (χ4n) is 2.53. The van der Waals surface area contributed by atoms with Gasteiger partial charge in [0.2, 0.25) is 10.0 Å². The number of likely N-dealkylation sites (tertiary alicyclic amines) is 1. The zero-order valence-electron chi connectivity index (χ0n) is 13.4. The molecule has 0 unspecified atom stereocenters. The van der Waals surface area contributed by atoms with E-state index in [0.29, 0.717) is 37.4 Å². The summed E-state index contributed by atoms with van der Waals surface area (Å²) in [7, 11) is -1.69. The van der Waals surface area contributed by atoms with Crippen LogP contribution in [-0.2, 0) is 10.0 Å². The maximum absolute atomic E-state index is 12.2. The number of anilines is 1. The van der Waals surface area contributed by atoms with E-state index in [2.05, 4.69) is 10.0 Å². The number of hydrogen-bond donors (Lipinski definition) is 2. The van der Waals surface area contributed by atoms with Gasteiger partial charge in [-0.25, -0.2) is 17.9 Å². The van der Waals surface area contributed by atoms with Gasteiger partial charge in [-0.15, -0.1) is 0 Å². The lowest BCUT2D eigenvalue weighted by molar-refractivity contribution is 0.221. The molecule has 0 spiro atoms. The Balaban J connectivity index is 1.89. The van der Waals surface area contributed by atoms with Crippen LogP contribution in [0.25, 0.3) is 0 Å². The molecule has 2 amide bonds. The van der Waals surface area contributed by atoms with Crippen LogP contribution in [0, 0.1) is 0 Å². The van der Waals surface area contributed by atoms with E-state index in [-0.39, 0.29) is 17.8 Å². The maximum atomic E-state index is 12.2. The highest BCUT2D eigenvalue weighted by molar-refractivity contribution is 7.89. The first-order valence-corrected chi connectivity index (χ1v) is 9.28. The zero-order chi connectivity index (χ0) is 16.9. The first kappa shape index (κ1) is 17.6. The molecular weight excluding hydrogens is 318 g/mol. The third-order valence-electron chi connectivity index (χ3n) is 3.62. The number of urea groups is 1. The van der Waals surface area contributed by atoms with E-state index >= 15 is 0 Å². The predicted octanol–water partition coefficient (Wildman–Crippen LogP) is 1.63. The smallest absolute Gasteiger partial charge is 0.321 e. The minimum absolute atomic E-state index is 0.111. The van der Waals surface area contributed by atoms with E-state index in [9.17, 15) is 13.2 Å². The van der Waals surface area contributed by atoms with E-state index < -0.39 is 10.0 Å². The fourth-order valence-corrected chi connectivity index (χ4v) is 3.88. The molecule has 1 aromatic carbocycles. The molecule has 1 aromatic rings. The van der Waals surface area contributed by atoms with Gasteiger partial charge in [0.05, 0.1) is 12.9 Å². The Bertz CT molecular complexity index is 648. The van der Waals surface area contributed by atoms with Crippen LogP contribution >= 0.6 is 0 Å². The molecule has 1 atom stereocenters. The average molecular weight is 341 g/mol. The number of nitrogens with one attached hydrogen (secondary N) is 2. The lowest BCUT2D eigenvalue weighted by atomic mass is 10.3. The quantitative estimate of drug-likeness (QED) is 0.823. The van der Waals surface area contributed by atoms with Crippen molar-refractivity contribution in [3.8, 4) is 5.75 Å². The van der Waals surface area contributed by atoms with Gasteiger partial charge in [0.1, 0.15) is 5.75 Å². The summed E-state index contributed by atoms with van der Waals surface area (Å²) in [6.45, 7) is 2.72. The first-order chi connectivity index (χ1) is 10.9. The lowest BCUT2D eigenvalue weighted by Gasteiger charge is -2.18. The molecular formula is C15H23N3O4S. The van der Waals surface area contributed by atoms with Gasteiger partial charge >= 0.3 is 6.03 Å². The maximum Gasteiger partial charge on any atom is 0.321 e. The minimum Gasteiger partial charge on any atom is -0.497 e. The summed E-state index contributed by atoms with van der Waals surface area (Å²) in [5.41, 5.74) is 0.643. The number of hydrogen-bond acceptors (Lipinski definition) is 4. The molecule has 23 heavy (non-hydrogen) atoms. The van der Waals surface area contributed by atoms with Crippen molar-refractivity contribution in [2.75, 3.05) is 31.3 Å². The van der Waals surface area contributed by atoms with Gasteiger partial charge in [0.15, 0.2) is 0 Å². The monoisotopic (exact) mass is 341 g/mol. The van der Waals surface area contributed by atoms with Gasteiger partial charge in [-0.1, -0.05) is 13.0 Å². The largest absolute Gasteiger partial charge is 0.497 e. The van der Waals surface area contributed by atoms with Gasteiger partial charge in [0, 0.05) is 30.9 Å². The normalized spacial score (nSPS) is 18.0. The Morgan fingerprint density at radius 2 is 2.22 bits per heavy atom. The molecule has 0 aromatic heterocycles. The molecule has 8 heteroatoms. The first-order valence-electron chi connectivity index (χ1n) is 7.63. The van der Waals surface area contributed by atoms with E-state index in [0.717, 1.165) is 0 Å². The fraction of sp³-hybridized carbons (Fsp3) is 0.533. The zero-order valence-corrected chi connectivity index (χ0v) is 14.2. The van der Waals surface area contributed by atoms with Crippen LogP contribution in [0.15, 0.2) is 24.3 Å². The second kappa shape index (κ2) is 7.65. The highest BCUT2D eigenvalue weighted by Gasteiger charge is 2.29. The van der Waals surface area contributed by atoms with E-state index in [1.54, 1.807) is 36.3 Å². The number of ether oxygens (including phenoxy) is 1. The number of amides is 2. The summed E-state index contributed by atoms with van der Waals surface area (Å²) in [6.07, 6.45) is 1.19. The van der Waals surface area contributed by atoms with Gasteiger partial charge in [-0.2, -0.15) is 0 Å². The molecule has 0 aliphatic carbocycles. The predicted molar refractivity (Wildman–Crippen MR) is 89.2 cm³/mol. The van der Waals surface area contributed by atoms with Crippen molar-refractivity contribution in [1.82, 2.24) is 9.62 Å². The molecule has 0 bridgehead atoms. The number of sulfonamides is 1. The van der Waals surface area contributed by atoms with Crippen molar-refractivity contribution in [2.24, 2.45) is 0 Å². The van der Waals surface area contributed by atoms with Gasteiger partial charge < -0.3 is 15.0 Å². The number of carbonyl (C=O) groups excluding carboxylic acids is 1. The van der Waals surface area contributed by atoms with Crippen molar-refractivity contribution >= 4 is 21.7 Å². The molecule has 2 N–H and O–H groups in total. The van der Waals surface area contributed by atoms with E-state index in [4.69, 9.17) is 4.74 Å². The van der Waals surface area contributed by atoms with Gasteiger partial charge in [-0.05, 0) is 25.0 Å². The van der Waals surface area contributed by atoms with Crippen LogP contribution in [0.4, 0.5) is 10.5 Å². The Morgan fingerprint density at radius 1 is 1.43 bits per heavy atom.